The number of hydrogen-bond acceptors (Lipinski definition) is 3. The van der Waals surface area contributed by atoms with Crippen molar-refractivity contribution in [2.75, 3.05) is 26.2 Å². The zero-order chi connectivity index (χ0) is 17.2. The van der Waals surface area contributed by atoms with Crippen LogP contribution in [0.2, 0.25) is 0 Å². The van der Waals surface area contributed by atoms with Gasteiger partial charge in [0.25, 0.3) is 5.91 Å². The molecule has 2 heterocycles. The molecule has 0 radical (unpaired) electrons. The quantitative estimate of drug-likeness (QED) is 0.799. The number of halogens is 1. The molecule has 1 aliphatic heterocycles. The molecule has 0 atom stereocenters. The average molecular weight is 338 g/mol. The van der Waals surface area contributed by atoms with Crippen LogP contribution in [-0.2, 0) is 6.54 Å². The third-order valence-corrected chi connectivity index (χ3v) is 4.57. The van der Waals surface area contributed by atoms with E-state index in [2.05, 4.69) is 14.9 Å². The minimum absolute atomic E-state index is 0.0577. The first-order valence-electron chi connectivity index (χ1n) is 8.40. The van der Waals surface area contributed by atoms with E-state index in [1.54, 1.807) is 12.1 Å². The van der Waals surface area contributed by atoms with Crippen molar-refractivity contribution in [1.82, 2.24) is 19.8 Å². The Hall–Kier alpha value is -2.73. The second kappa shape index (κ2) is 6.64. The molecule has 0 spiro atoms. The average Bonchev–Trinajstić information content (AvgIpc) is 3.08. The summed E-state index contributed by atoms with van der Waals surface area (Å²) in [5.74, 6) is 0.121. The largest absolute Gasteiger partial charge is 0.334 e. The van der Waals surface area contributed by atoms with Gasteiger partial charge in [0, 0.05) is 32.7 Å². The molecule has 5 nitrogen and oxygen atoms in total. The highest BCUT2D eigenvalue weighted by molar-refractivity contribution is 5.94. The number of nitrogens with zero attached hydrogens (tertiary/aromatic N) is 3. The van der Waals surface area contributed by atoms with Crippen molar-refractivity contribution >= 4 is 16.9 Å². The lowest BCUT2D eigenvalue weighted by molar-refractivity contribution is 0.0618. The number of rotatable bonds is 3. The molecule has 0 unspecified atom stereocenters. The first-order chi connectivity index (χ1) is 12.2. The highest BCUT2D eigenvalue weighted by Crippen LogP contribution is 2.14. The topological polar surface area (TPSA) is 52.2 Å². The number of carbonyl (C=O) groups is 1. The Morgan fingerprint density at radius 2 is 1.76 bits per heavy atom. The lowest BCUT2D eigenvalue weighted by Crippen LogP contribution is -2.48. The van der Waals surface area contributed by atoms with Crippen LogP contribution < -0.4 is 0 Å². The Morgan fingerprint density at radius 1 is 1.04 bits per heavy atom. The number of aromatic amines is 1. The van der Waals surface area contributed by atoms with Gasteiger partial charge in [-0.3, -0.25) is 9.69 Å². The van der Waals surface area contributed by atoms with Gasteiger partial charge in [-0.1, -0.05) is 24.3 Å². The minimum Gasteiger partial charge on any atom is -0.334 e. The van der Waals surface area contributed by atoms with Crippen molar-refractivity contribution in [2.24, 2.45) is 0 Å². The van der Waals surface area contributed by atoms with Crippen molar-refractivity contribution in [1.29, 1.82) is 0 Å². The summed E-state index contributed by atoms with van der Waals surface area (Å²) in [6.45, 7) is 3.69. The first-order valence-corrected chi connectivity index (χ1v) is 8.40. The Kier molecular flexibility index (Phi) is 4.19. The van der Waals surface area contributed by atoms with Crippen LogP contribution in [0.5, 0.6) is 0 Å². The van der Waals surface area contributed by atoms with Crippen molar-refractivity contribution in [3.8, 4) is 0 Å². The van der Waals surface area contributed by atoms with E-state index in [9.17, 15) is 9.18 Å². The molecule has 3 aromatic rings. The van der Waals surface area contributed by atoms with E-state index in [0.29, 0.717) is 18.9 Å². The Balaban J connectivity index is 1.37. The van der Waals surface area contributed by atoms with Gasteiger partial charge in [0.05, 0.1) is 11.0 Å². The number of piperazine rings is 1. The first kappa shape index (κ1) is 15.8. The fourth-order valence-electron chi connectivity index (χ4n) is 3.16. The maximum Gasteiger partial charge on any atom is 0.289 e. The summed E-state index contributed by atoms with van der Waals surface area (Å²) in [7, 11) is 0. The molecule has 4 rings (SSSR count). The maximum absolute atomic E-state index is 13.0. The zero-order valence-electron chi connectivity index (χ0n) is 13.8. The van der Waals surface area contributed by atoms with E-state index in [-0.39, 0.29) is 11.7 Å². The highest BCUT2D eigenvalue weighted by Gasteiger charge is 2.24. The molecule has 1 saturated heterocycles. The van der Waals surface area contributed by atoms with Crippen LogP contribution in [0.1, 0.15) is 16.2 Å². The molecule has 2 aromatic carbocycles. The number of aromatic nitrogens is 2. The molecular weight excluding hydrogens is 319 g/mol. The molecule has 6 heteroatoms. The van der Waals surface area contributed by atoms with Crippen LogP contribution in [-0.4, -0.2) is 51.9 Å². The molecule has 25 heavy (non-hydrogen) atoms. The number of para-hydroxylation sites is 2. The van der Waals surface area contributed by atoms with Crippen LogP contribution in [0.15, 0.2) is 48.5 Å². The predicted octanol–water partition coefficient (Wildman–Crippen LogP) is 2.66. The molecular formula is C19H19FN4O. The number of benzene rings is 2. The number of imidazole rings is 1. The Bertz CT molecular complexity index is 849. The molecule has 0 aliphatic carbocycles. The van der Waals surface area contributed by atoms with Crippen LogP contribution >= 0.6 is 0 Å². The number of hydrogen-bond donors (Lipinski definition) is 1. The Labute approximate surface area is 145 Å². The third-order valence-electron chi connectivity index (χ3n) is 4.57. The maximum atomic E-state index is 13.0. The van der Waals surface area contributed by atoms with Crippen LogP contribution in [0.25, 0.3) is 11.0 Å². The number of nitrogens with one attached hydrogen (secondary N) is 1. The van der Waals surface area contributed by atoms with Crippen molar-refractivity contribution in [3.63, 3.8) is 0 Å². The van der Waals surface area contributed by atoms with E-state index in [1.807, 2.05) is 29.2 Å². The number of H-pyrrole nitrogens is 1. The van der Waals surface area contributed by atoms with Gasteiger partial charge in [-0.15, -0.1) is 0 Å². The standard InChI is InChI=1S/C19H19FN4O/c20-15-7-5-14(6-8-15)13-23-9-11-24(12-10-23)19(25)18-21-16-3-1-2-4-17(16)22-18/h1-8H,9-13H2,(H,21,22). The van der Waals surface area contributed by atoms with Crippen molar-refractivity contribution in [2.45, 2.75) is 6.54 Å². The fraction of sp³-hybridized carbons (Fsp3) is 0.263. The normalized spacial score (nSPS) is 15.6. The van der Waals surface area contributed by atoms with Gasteiger partial charge in [0.2, 0.25) is 0 Å². The second-order valence-electron chi connectivity index (χ2n) is 6.30. The van der Waals surface area contributed by atoms with Crippen molar-refractivity contribution in [3.05, 3.63) is 65.7 Å². The van der Waals surface area contributed by atoms with Gasteiger partial charge in [-0.05, 0) is 29.8 Å². The van der Waals surface area contributed by atoms with Gasteiger partial charge < -0.3 is 9.88 Å². The summed E-state index contributed by atoms with van der Waals surface area (Å²) in [6, 6.07) is 14.2. The van der Waals surface area contributed by atoms with Gasteiger partial charge in [-0.25, -0.2) is 9.37 Å². The van der Waals surface area contributed by atoms with Gasteiger partial charge in [0.15, 0.2) is 5.82 Å². The second-order valence-corrected chi connectivity index (χ2v) is 6.30. The van der Waals surface area contributed by atoms with E-state index >= 15 is 0 Å². The highest BCUT2D eigenvalue weighted by atomic mass is 19.1. The number of fused-ring (bicyclic) bond motifs is 1. The molecule has 1 aromatic heterocycles. The summed E-state index contributed by atoms with van der Waals surface area (Å²) in [5, 5.41) is 0. The van der Waals surface area contributed by atoms with Gasteiger partial charge in [0.1, 0.15) is 5.82 Å². The molecule has 128 valence electrons. The zero-order valence-corrected chi connectivity index (χ0v) is 13.8. The lowest BCUT2D eigenvalue weighted by Gasteiger charge is -2.34. The summed E-state index contributed by atoms with van der Waals surface area (Å²) in [6.07, 6.45) is 0. The van der Waals surface area contributed by atoms with Crippen LogP contribution in [0, 0.1) is 5.82 Å². The van der Waals surface area contributed by atoms with Gasteiger partial charge in [-0.2, -0.15) is 0 Å². The number of amides is 1. The predicted molar refractivity (Wildman–Crippen MR) is 93.7 cm³/mol. The SMILES string of the molecule is O=C(c1nc2ccccc2[nH]1)N1CCN(Cc2ccc(F)cc2)CC1. The van der Waals surface area contributed by atoms with E-state index in [1.165, 1.54) is 12.1 Å². The fourth-order valence-corrected chi connectivity index (χ4v) is 3.16. The minimum atomic E-state index is -0.218. The van der Waals surface area contributed by atoms with Crippen LogP contribution in [0.4, 0.5) is 4.39 Å². The molecule has 1 fully saturated rings. The smallest absolute Gasteiger partial charge is 0.289 e. The summed E-state index contributed by atoms with van der Waals surface area (Å²) >= 11 is 0. The van der Waals surface area contributed by atoms with E-state index < -0.39 is 0 Å². The van der Waals surface area contributed by atoms with E-state index in [0.717, 1.165) is 36.2 Å². The molecule has 1 amide bonds. The monoisotopic (exact) mass is 338 g/mol. The molecule has 1 N–H and O–H groups in total. The van der Waals surface area contributed by atoms with E-state index in [4.69, 9.17) is 0 Å². The van der Waals surface area contributed by atoms with Crippen LogP contribution in [0.3, 0.4) is 0 Å². The third kappa shape index (κ3) is 3.39. The Morgan fingerprint density at radius 3 is 2.48 bits per heavy atom. The summed E-state index contributed by atoms with van der Waals surface area (Å²) in [4.78, 5) is 24.2. The lowest BCUT2D eigenvalue weighted by atomic mass is 10.2. The summed E-state index contributed by atoms with van der Waals surface area (Å²) < 4.78 is 13.0. The molecule has 0 bridgehead atoms. The molecule has 1 aliphatic rings. The molecule has 0 saturated carbocycles. The number of carbonyl (C=O) groups excluding carboxylic acids is 1. The van der Waals surface area contributed by atoms with Gasteiger partial charge >= 0.3 is 0 Å². The summed E-state index contributed by atoms with van der Waals surface area (Å²) in [5.41, 5.74) is 2.76. The van der Waals surface area contributed by atoms with Crippen molar-refractivity contribution < 1.29 is 9.18 Å².